The van der Waals surface area contributed by atoms with Gasteiger partial charge in [-0.15, -0.1) is 0 Å². The molecule has 160 valence electrons. The molecule has 0 saturated carbocycles. The molecule has 0 bridgehead atoms. The summed E-state index contributed by atoms with van der Waals surface area (Å²) >= 11 is 3.43. The fourth-order valence-corrected chi connectivity index (χ4v) is 4.84. The summed E-state index contributed by atoms with van der Waals surface area (Å²) in [6.45, 7) is 11.9. The molecule has 0 radical (unpaired) electrons. The molecule has 0 spiro atoms. The maximum atomic E-state index is 12.7. The van der Waals surface area contributed by atoms with Crippen LogP contribution in [0.3, 0.4) is 0 Å². The number of nitrogens with one attached hydrogen (secondary N) is 1. The highest BCUT2D eigenvalue weighted by Crippen LogP contribution is 2.21. The number of piperazine rings is 1. The first-order valence-corrected chi connectivity index (χ1v) is 11.4. The molecule has 2 aliphatic rings. The number of likely N-dealkylation sites (tertiary alicyclic amines) is 1. The second kappa shape index (κ2) is 10.0. The van der Waals surface area contributed by atoms with Gasteiger partial charge in [0.05, 0.1) is 12.6 Å². The number of carbonyl (C=O) groups is 2. The van der Waals surface area contributed by atoms with Crippen LogP contribution in [0, 0.1) is 11.8 Å². The van der Waals surface area contributed by atoms with E-state index in [0.29, 0.717) is 18.4 Å². The highest BCUT2D eigenvalue weighted by Gasteiger charge is 2.29. The molecule has 1 aromatic rings. The summed E-state index contributed by atoms with van der Waals surface area (Å²) < 4.78 is 0.943. The average molecular weight is 465 g/mol. The molecule has 2 aliphatic heterocycles. The Labute approximate surface area is 182 Å². The van der Waals surface area contributed by atoms with E-state index in [1.165, 1.54) is 6.42 Å². The van der Waals surface area contributed by atoms with Crippen LogP contribution in [0.15, 0.2) is 28.7 Å². The second-order valence-electron chi connectivity index (χ2n) is 8.73. The van der Waals surface area contributed by atoms with Crippen LogP contribution in [0.2, 0.25) is 0 Å². The number of rotatable bonds is 5. The molecule has 0 aliphatic carbocycles. The van der Waals surface area contributed by atoms with Crippen LogP contribution in [-0.4, -0.2) is 78.4 Å². The average Bonchev–Trinajstić information content (AvgIpc) is 2.67. The van der Waals surface area contributed by atoms with E-state index in [1.54, 1.807) is 0 Å². The number of hydrogen-bond acceptors (Lipinski definition) is 4. The lowest BCUT2D eigenvalue weighted by Crippen LogP contribution is -2.55. The minimum atomic E-state index is -0.198. The lowest BCUT2D eigenvalue weighted by Gasteiger charge is -2.39. The Balaban J connectivity index is 1.44. The van der Waals surface area contributed by atoms with Crippen LogP contribution >= 0.6 is 15.9 Å². The third-order valence-electron chi connectivity index (χ3n) is 6.01. The van der Waals surface area contributed by atoms with Crippen LogP contribution in [0.5, 0.6) is 0 Å². The summed E-state index contributed by atoms with van der Waals surface area (Å²) in [4.78, 5) is 31.8. The highest BCUT2D eigenvalue weighted by atomic mass is 79.9. The molecule has 1 aromatic carbocycles. The smallest absolute Gasteiger partial charge is 0.241 e. The van der Waals surface area contributed by atoms with Gasteiger partial charge in [-0.05, 0) is 43.4 Å². The predicted molar refractivity (Wildman–Crippen MR) is 120 cm³/mol. The van der Waals surface area contributed by atoms with Crippen molar-refractivity contribution in [2.45, 2.75) is 33.2 Å². The van der Waals surface area contributed by atoms with Crippen LogP contribution in [0.1, 0.15) is 27.2 Å². The fourth-order valence-electron chi connectivity index (χ4n) is 4.45. The number of nitrogens with zero attached hydrogens (tertiary/aromatic N) is 3. The quantitative estimate of drug-likeness (QED) is 0.727. The van der Waals surface area contributed by atoms with Gasteiger partial charge in [0.1, 0.15) is 0 Å². The van der Waals surface area contributed by atoms with Gasteiger partial charge >= 0.3 is 0 Å². The Morgan fingerprint density at radius 2 is 1.79 bits per heavy atom. The molecule has 2 amide bonds. The van der Waals surface area contributed by atoms with Crippen molar-refractivity contribution in [3.05, 3.63) is 28.7 Å². The number of piperidine rings is 1. The minimum absolute atomic E-state index is 0.00363. The maximum absolute atomic E-state index is 12.7. The Morgan fingerprint density at radius 1 is 1.14 bits per heavy atom. The number of carbonyl (C=O) groups excluding carboxylic acids is 2. The number of anilines is 1. The fraction of sp³-hybridized carbons (Fsp3) is 0.636. The lowest BCUT2D eigenvalue weighted by molar-refractivity contribution is -0.136. The van der Waals surface area contributed by atoms with E-state index in [9.17, 15) is 9.59 Å². The van der Waals surface area contributed by atoms with E-state index < -0.39 is 0 Å². The Bertz CT molecular complexity index is 711. The van der Waals surface area contributed by atoms with Crippen molar-refractivity contribution >= 4 is 33.4 Å². The van der Waals surface area contributed by atoms with Crippen LogP contribution < -0.4 is 5.32 Å². The molecule has 1 N–H and O–H groups in total. The van der Waals surface area contributed by atoms with Crippen molar-refractivity contribution in [1.82, 2.24) is 14.7 Å². The summed E-state index contributed by atoms with van der Waals surface area (Å²) in [5.74, 6) is 1.43. The monoisotopic (exact) mass is 464 g/mol. The van der Waals surface area contributed by atoms with Gasteiger partial charge in [0.2, 0.25) is 11.8 Å². The number of amides is 2. The van der Waals surface area contributed by atoms with E-state index in [-0.39, 0.29) is 17.9 Å². The second-order valence-corrected chi connectivity index (χ2v) is 9.65. The molecule has 6 nitrogen and oxygen atoms in total. The first-order valence-electron chi connectivity index (χ1n) is 10.6. The van der Waals surface area contributed by atoms with Crippen molar-refractivity contribution in [1.29, 1.82) is 0 Å². The summed E-state index contributed by atoms with van der Waals surface area (Å²) in [7, 11) is 0. The molecule has 2 saturated heterocycles. The molecule has 29 heavy (non-hydrogen) atoms. The van der Waals surface area contributed by atoms with Crippen molar-refractivity contribution in [2.75, 3.05) is 51.1 Å². The standard InChI is InChI=1S/C22H33BrN4O2/c1-16-11-17(2)14-27(13-16)21(28)15-25-7-9-26(10-8-25)18(3)22(29)24-20-6-4-5-19(23)12-20/h4-6,12,16-18H,7-11,13-15H2,1-3H3,(H,24,29). The summed E-state index contributed by atoms with van der Waals surface area (Å²) in [6, 6.07) is 7.43. The summed E-state index contributed by atoms with van der Waals surface area (Å²) in [5, 5.41) is 2.99. The van der Waals surface area contributed by atoms with Gasteiger partial charge in [-0.3, -0.25) is 19.4 Å². The zero-order valence-electron chi connectivity index (χ0n) is 17.7. The van der Waals surface area contributed by atoms with Gasteiger partial charge in [0, 0.05) is 49.4 Å². The zero-order valence-corrected chi connectivity index (χ0v) is 19.3. The van der Waals surface area contributed by atoms with Crippen molar-refractivity contribution < 1.29 is 9.59 Å². The number of halogens is 1. The van der Waals surface area contributed by atoms with Crippen molar-refractivity contribution in [3.8, 4) is 0 Å². The first-order chi connectivity index (χ1) is 13.8. The Morgan fingerprint density at radius 3 is 2.41 bits per heavy atom. The van der Waals surface area contributed by atoms with Gasteiger partial charge in [0.25, 0.3) is 0 Å². The summed E-state index contributed by atoms with van der Waals surface area (Å²) in [6.07, 6.45) is 1.21. The van der Waals surface area contributed by atoms with E-state index in [2.05, 4.69) is 44.9 Å². The predicted octanol–water partition coefficient (Wildman–Crippen LogP) is 2.90. The molecule has 0 aromatic heterocycles. The molecular formula is C22H33BrN4O2. The van der Waals surface area contributed by atoms with E-state index >= 15 is 0 Å². The largest absolute Gasteiger partial charge is 0.341 e. The van der Waals surface area contributed by atoms with Gasteiger partial charge in [-0.1, -0.05) is 35.8 Å². The van der Waals surface area contributed by atoms with E-state index in [4.69, 9.17) is 0 Å². The number of hydrogen-bond donors (Lipinski definition) is 1. The van der Waals surface area contributed by atoms with Gasteiger partial charge in [-0.25, -0.2) is 0 Å². The Kier molecular flexibility index (Phi) is 7.71. The van der Waals surface area contributed by atoms with E-state index in [0.717, 1.165) is 49.4 Å². The van der Waals surface area contributed by atoms with Crippen molar-refractivity contribution in [3.63, 3.8) is 0 Å². The summed E-state index contributed by atoms with van der Waals surface area (Å²) in [5.41, 5.74) is 0.797. The first kappa shape index (κ1) is 22.2. The molecule has 3 rings (SSSR count). The topological polar surface area (TPSA) is 55.9 Å². The van der Waals surface area contributed by atoms with Crippen molar-refractivity contribution in [2.24, 2.45) is 11.8 Å². The lowest BCUT2D eigenvalue weighted by atomic mass is 9.92. The SMILES string of the molecule is CC1CC(C)CN(C(=O)CN2CCN(C(C)C(=O)Nc3cccc(Br)c3)CC2)C1. The normalized spacial score (nSPS) is 24.9. The molecule has 7 heteroatoms. The maximum Gasteiger partial charge on any atom is 0.241 e. The minimum Gasteiger partial charge on any atom is -0.341 e. The van der Waals surface area contributed by atoms with Gasteiger partial charge in [0.15, 0.2) is 0 Å². The molecule has 2 heterocycles. The molecule has 3 unspecified atom stereocenters. The molecular weight excluding hydrogens is 432 g/mol. The Hall–Kier alpha value is -1.44. The van der Waals surface area contributed by atoms with Crippen LogP contribution in [-0.2, 0) is 9.59 Å². The third-order valence-corrected chi connectivity index (χ3v) is 6.50. The molecule has 3 atom stereocenters. The van der Waals surface area contributed by atoms with Crippen LogP contribution in [0.25, 0.3) is 0 Å². The molecule has 2 fully saturated rings. The number of benzene rings is 1. The third kappa shape index (κ3) is 6.27. The van der Waals surface area contributed by atoms with Crippen LogP contribution in [0.4, 0.5) is 5.69 Å². The van der Waals surface area contributed by atoms with Gasteiger partial charge < -0.3 is 10.2 Å². The highest BCUT2D eigenvalue weighted by molar-refractivity contribution is 9.10. The van der Waals surface area contributed by atoms with E-state index in [1.807, 2.05) is 36.1 Å². The zero-order chi connectivity index (χ0) is 21.0. The van der Waals surface area contributed by atoms with Gasteiger partial charge in [-0.2, -0.15) is 0 Å².